The summed E-state index contributed by atoms with van der Waals surface area (Å²) in [5.74, 6) is -3.51. The number of hydrogen-bond acceptors (Lipinski definition) is 5. The van der Waals surface area contributed by atoms with Crippen LogP contribution in [-0.2, 0) is 23.9 Å². The maximum atomic E-state index is 12.7. The Hall–Kier alpha value is -2.43. The van der Waals surface area contributed by atoms with Crippen LogP contribution in [0.25, 0.3) is 0 Å². The van der Waals surface area contributed by atoms with Crippen molar-refractivity contribution in [2.45, 2.75) is 50.9 Å². The third-order valence-corrected chi connectivity index (χ3v) is 6.90. The van der Waals surface area contributed by atoms with Crippen molar-refractivity contribution < 1.29 is 37.1 Å². The molecule has 1 saturated carbocycles. The highest BCUT2D eigenvalue weighted by Gasteiger charge is 2.65. The molecule has 0 radical (unpaired) electrons. The minimum absolute atomic E-state index is 0.115. The van der Waals surface area contributed by atoms with E-state index in [0.717, 1.165) is 0 Å². The molecular weight excluding hydrogens is 431 g/mol. The van der Waals surface area contributed by atoms with Crippen LogP contribution in [0.2, 0.25) is 0 Å². The summed E-state index contributed by atoms with van der Waals surface area (Å²) >= 11 is 0. The zero-order chi connectivity index (χ0) is 23.7. The molecule has 2 aliphatic heterocycles. The number of amides is 3. The van der Waals surface area contributed by atoms with E-state index in [1.807, 2.05) is 0 Å². The van der Waals surface area contributed by atoms with Gasteiger partial charge < -0.3 is 16.0 Å². The van der Waals surface area contributed by atoms with Crippen LogP contribution < -0.4 is 11.1 Å². The number of hydrogen-bond donors (Lipinski definition) is 2. The van der Waals surface area contributed by atoms with Gasteiger partial charge in [0.15, 0.2) is 5.78 Å². The topological polar surface area (TPSA) is 119 Å². The molecule has 2 heterocycles. The second-order valence-corrected chi connectivity index (χ2v) is 8.96. The number of allylic oxidation sites excluding steroid dienone is 1. The van der Waals surface area contributed by atoms with E-state index in [4.69, 9.17) is 5.73 Å². The molecule has 32 heavy (non-hydrogen) atoms. The van der Waals surface area contributed by atoms with Crippen molar-refractivity contribution in [1.29, 1.82) is 0 Å². The van der Waals surface area contributed by atoms with E-state index in [1.54, 1.807) is 6.08 Å². The highest BCUT2D eigenvalue weighted by atomic mass is 19.4. The average Bonchev–Trinajstić information content (AvgIpc) is 3.03. The molecule has 178 valence electrons. The van der Waals surface area contributed by atoms with Crippen LogP contribution >= 0.6 is 0 Å². The molecule has 0 aromatic rings. The van der Waals surface area contributed by atoms with E-state index in [2.05, 4.69) is 16.6 Å². The van der Waals surface area contributed by atoms with Crippen LogP contribution in [0.3, 0.4) is 0 Å². The molecule has 3 amide bonds. The summed E-state index contributed by atoms with van der Waals surface area (Å²) in [7, 11) is 0. The number of ether oxygens (including phenoxy) is 1. The van der Waals surface area contributed by atoms with Gasteiger partial charge in [0.25, 0.3) is 0 Å². The maximum Gasteiger partial charge on any atom is 0.522 e. The quantitative estimate of drug-likeness (QED) is 0.478. The van der Waals surface area contributed by atoms with Gasteiger partial charge in [0.2, 0.25) is 17.7 Å². The summed E-state index contributed by atoms with van der Waals surface area (Å²) in [4.78, 5) is 50.8. The van der Waals surface area contributed by atoms with Crippen LogP contribution in [0.4, 0.5) is 13.2 Å². The lowest BCUT2D eigenvalue weighted by Gasteiger charge is -2.23. The second-order valence-electron chi connectivity index (χ2n) is 8.96. The van der Waals surface area contributed by atoms with Crippen molar-refractivity contribution in [1.82, 2.24) is 10.2 Å². The summed E-state index contributed by atoms with van der Waals surface area (Å²) in [6.07, 6.45) is -1.41. The number of nitrogens with zero attached hydrogens (tertiary/aromatic N) is 1. The van der Waals surface area contributed by atoms with Gasteiger partial charge in [-0.05, 0) is 43.4 Å². The Kier molecular flexibility index (Phi) is 6.97. The van der Waals surface area contributed by atoms with Crippen LogP contribution in [0.1, 0.15) is 38.5 Å². The van der Waals surface area contributed by atoms with Gasteiger partial charge in [0, 0.05) is 31.3 Å². The largest absolute Gasteiger partial charge is 0.522 e. The van der Waals surface area contributed by atoms with Gasteiger partial charge >= 0.3 is 6.36 Å². The van der Waals surface area contributed by atoms with Crippen LogP contribution in [0.15, 0.2) is 12.7 Å². The maximum absolute atomic E-state index is 12.7. The highest BCUT2D eigenvalue weighted by molar-refractivity contribution is 5.88. The molecule has 0 bridgehead atoms. The van der Waals surface area contributed by atoms with Crippen LogP contribution in [0, 0.1) is 23.2 Å². The Balaban J connectivity index is 1.76. The smallest absolute Gasteiger partial charge is 0.368 e. The number of alkyl halides is 3. The number of carbonyl (C=O) groups excluding carboxylic acids is 4. The summed E-state index contributed by atoms with van der Waals surface area (Å²) < 4.78 is 41.3. The third-order valence-electron chi connectivity index (χ3n) is 6.90. The van der Waals surface area contributed by atoms with Gasteiger partial charge in [0.1, 0.15) is 12.6 Å². The summed E-state index contributed by atoms with van der Waals surface area (Å²) in [6.45, 7) is 3.11. The lowest BCUT2D eigenvalue weighted by atomic mass is 9.83. The zero-order valence-corrected chi connectivity index (χ0v) is 17.7. The van der Waals surface area contributed by atoms with E-state index in [-0.39, 0.29) is 43.5 Å². The first kappa shape index (κ1) is 24.2. The Labute approximate surface area is 183 Å². The Morgan fingerprint density at radius 1 is 1.34 bits per heavy atom. The predicted molar refractivity (Wildman–Crippen MR) is 106 cm³/mol. The molecule has 11 heteroatoms. The minimum atomic E-state index is -4.94. The first-order chi connectivity index (χ1) is 15.0. The number of halogens is 3. The fourth-order valence-corrected chi connectivity index (χ4v) is 5.22. The summed E-state index contributed by atoms with van der Waals surface area (Å²) in [5, 5.41) is 2.67. The van der Waals surface area contributed by atoms with Crippen molar-refractivity contribution in [3.63, 3.8) is 0 Å². The number of carbonyl (C=O) groups is 4. The van der Waals surface area contributed by atoms with Gasteiger partial charge in [0.05, 0.1) is 0 Å². The molecule has 0 aromatic heterocycles. The molecular formula is C21H28F3N3O5. The molecule has 8 nitrogen and oxygen atoms in total. The molecule has 1 aliphatic carbocycles. The molecule has 3 N–H and O–H groups in total. The van der Waals surface area contributed by atoms with Gasteiger partial charge in [-0.25, -0.2) is 0 Å². The number of ketones is 1. The Bertz CT molecular complexity index is 802. The standard InChI is InChI=1S/C21H28F3N3O5/c1-2-3-4-17(29)27-11-20(9-15(27)18(25)30)8-14(20)13(7-12-5-6-26-19(12)31)16(28)10-32-21(22,23)24/h2,12-15H,1,3-11H2,(H2,25,30)(H,26,31)/t12-,13+,14?,15?,20?/m1/s1. The van der Waals surface area contributed by atoms with Crippen LogP contribution in [0.5, 0.6) is 0 Å². The van der Waals surface area contributed by atoms with Crippen molar-refractivity contribution in [3.05, 3.63) is 12.7 Å². The first-order valence-electron chi connectivity index (χ1n) is 10.7. The molecule has 5 atom stereocenters. The fraction of sp³-hybridized carbons (Fsp3) is 0.714. The Morgan fingerprint density at radius 2 is 2.06 bits per heavy atom. The number of nitrogens with one attached hydrogen (secondary N) is 1. The molecule has 3 rings (SSSR count). The number of likely N-dealkylation sites (tertiary alicyclic amines) is 1. The van der Waals surface area contributed by atoms with E-state index in [9.17, 15) is 32.3 Å². The molecule has 3 unspecified atom stereocenters. The predicted octanol–water partition coefficient (Wildman–Crippen LogP) is 1.29. The molecule has 0 aromatic carbocycles. The average molecular weight is 459 g/mol. The van der Waals surface area contributed by atoms with Crippen molar-refractivity contribution >= 4 is 23.5 Å². The monoisotopic (exact) mass is 459 g/mol. The number of nitrogens with two attached hydrogens (primary N) is 1. The summed E-state index contributed by atoms with van der Waals surface area (Å²) in [6, 6.07) is -0.825. The van der Waals surface area contributed by atoms with Crippen LogP contribution in [-0.4, -0.2) is 60.5 Å². The zero-order valence-electron chi connectivity index (χ0n) is 17.7. The van der Waals surface area contributed by atoms with Crippen molar-refractivity contribution in [3.8, 4) is 0 Å². The van der Waals surface area contributed by atoms with Gasteiger partial charge in [-0.1, -0.05) is 6.08 Å². The third kappa shape index (κ3) is 5.31. The molecule has 3 aliphatic rings. The number of rotatable bonds is 10. The van der Waals surface area contributed by atoms with E-state index in [0.29, 0.717) is 25.8 Å². The Morgan fingerprint density at radius 3 is 2.62 bits per heavy atom. The summed E-state index contributed by atoms with van der Waals surface area (Å²) in [5.41, 5.74) is 4.94. The minimum Gasteiger partial charge on any atom is -0.368 e. The molecule has 2 saturated heterocycles. The van der Waals surface area contributed by atoms with E-state index in [1.165, 1.54) is 4.90 Å². The number of primary amides is 1. The first-order valence-corrected chi connectivity index (χ1v) is 10.7. The molecule has 1 spiro atoms. The van der Waals surface area contributed by atoms with E-state index >= 15 is 0 Å². The SMILES string of the molecule is C=CCCC(=O)N1CC2(CC1C(N)=O)CC2[C@H](C[C@H]1CCNC1=O)C(=O)COC(F)(F)F. The van der Waals surface area contributed by atoms with Gasteiger partial charge in [-0.3, -0.25) is 23.9 Å². The van der Waals surface area contributed by atoms with Crippen molar-refractivity contribution in [2.24, 2.45) is 28.9 Å². The lowest BCUT2D eigenvalue weighted by molar-refractivity contribution is -0.321. The molecule has 3 fully saturated rings. The van der Waals surface area contributed by atoms with E-state index < -0.39 is 48.0 Å². The van der Waals surface area contributed by atoms with Gasteiger partial charge in [-0.15, -0.1) is 19.8 Å². The fourth-order valence-electron chi connectivity index (χ4n) is 5.22. The van der Waals surface area contributed by atoms with Gasteiger partial charge in [-0.2, -0.15) is 0 Å². The normalized spacial score (nSPS) is 30.3. The van der Waals surface area contributed by atoms with Crippen molar-refractivity contribution in [2.75, 3.05) is 19.7 Å². The second kappa shape index (κ2) is 9.21. The lowest BCUT2D eigenvalue weighted by Crippen LogP contribution is -2.43. The number of Topliss-reactive ketones (excluding diaryl/α,β-unsaturated/α-hetero) is 1. The highest BCUT2D eigenvalue weighted by Crippen LogP contribution is 2.64.